The van der Waals surface area contributed by atoms with E-state index in [0.717, 1.165) is 10.9 Å². The number of primary amides is 1. The highest BCUT2D eigenvalue weighted by atomic mass is 16.5. The number of nitrogens with one attached hydrogen (secondary N) is 1. The van der Waals surface area contributed by atoms with E-state index in [2.05, 4.69) is 5.32 Å². The molecule has 0 fully saturated rings. The molecule has 1 aromatic heterocycles. The number of carbonyl (C=O) groups excluding carboxylic acids is 2. The van der Waals surface area contributed by atoms with Crippen molar-refractivity contribution >= 4 is 34.5 Å². The van der Waals surface area contributed by atoms with Gasteiger partial charge in [-0.1, -0.05) is 18.2 Å². The minimum atomic E-state index is -0.525. The number of para-hydroxylation sites is 1. The Morgan fingerprint density at radius 1 is 1.21 bits per heavy atom. The number of carbonyl (C=O) groups is 2. The monoisotopic (exact) mass is 388 g/mol. The number of ether oxygens (including phenoxy) is 1. The van der Waals surface area contributed by atoms with Crippen LogP contribution in [0.15, 0.2) is 60.3 Å². The predicted octanol–water partition coefficient (Wildman–Crippen LogP) is 3.07. The first-order valence-electron chi connectivity index (χ1n) is 9.04. The van der Waals surface area contributed by atoms with Crippen LogP contribution < -0.4 is 15.8 Å². The van der Waals surface area contributed by atoms with Crippen LogP contribution in [0, 0.1) is 11.3 Å². The first-order valence-corrected chi connectivity index (χ1v) is 9.04. The van der Waals surface area contributed by atoms with E-state index in [1.165, 1.54) is 6.08 Å². The van der Waals surface area contributed by atoms with Crippen LogP contribution >= 0.6 is 0 Å². The number of hydrogen-bond donors (Lipinski definition) is 2. The maximum atomic E-state index is 12.6. The average Bonchev–Trinajstić information content (AvgIpc) is 3.04. The standard InChI is InChI=1S/C22H20N4O3/c1-2-29-18-9-7-17(8-10-18)25-22(28)15(12-23)11-16-13-26(14-21(24)27)20-6-4-3-5-19(16)20/h3-11,13H,2,14H2,1H3,(H2,24,27)(H,25,28). The van der Waals surface area contributed by atoms with Gasteiger partial charge in [-0.05, 0) is 43.3 Å². The lowest BCUT2D eigenvalue weighted by Gasteiger charge is -2.06. The number of aromatic nitrogens is 1. The molecule has 0 bridgehead atoms. The van der Waals surface area contributed by atoms with Gasteiger partial charge >= 0.3 is 0 Å². The van der Waals surface area contributed by atoms with Gasteiger partial charge in [0.25, 0.3) is 5.91 Å². The molecule has 3 N–H and O–H groups in total. The van der Waals surface area contributed by atoms with Crippen LogP contribution in [0.5, 0.6) is 5.75 Å². The van der Waals surface area contributed by atoms with Crippen LogP contribution in [0.25, 0.3) is 17.0 Å². The van der Waals surface area contributed by atoms with E-state index in [0.29, 0.717) is 23.6 Å². The third-order valence-electron chi connectivity index (χ3n) is 4.23. The van der Waals surface area contributed by atoms with Gasteiger partial charge in [0.1, 0.15) is 23.9 Å². The highest BCUT2D eigenvalue weighted by Crippen LogP contribution is 2.24. The van der Waals surface area contributed by atoms with Gasteiger partial charge in [-0.2, -0.15) is 5.26 Å². The van der Waals surface area contributed by atoms with E-state index in [4.69, 9.17) is 10.5 Å². The molecule has 2 amide bonds. The summed E-state index contributed by atoms with van der Waals surface area (Å²) in [6, 6.07) is 16.2. The van der Waals surface area contributed by atoms with Crippen molar-refractivity contribution in [1.82, 2.24) is 4.57 Å². The molecule has 3 rings (SSSR count). The lowest BCUT2D eigenvalue weighted by molar-refractivity contribution is -0.118. The van der Waals surface area contributed by atoms with Crippen molar-refractivity contribution in [1.29, 1.82) is 5.26 Å². The Labute approximate surface area is 168 Å². The summed E-state index contributed by atoms with van der Waals surface area (Å²) in [5.74, 6) is -0.303. The number of rotatable bonds is 7. The third kappa shape index (κ3) is 4.62. The van der Waals surface area contributed by atoms with Crippen molar-refractivity contribution in [2.24, 2.45) is 5.73 Å². The fourth-order valence-corrected chi connectivity index (χ4v) is 2.99. The highest BCUT2D eigenvalue weighted by molar-refractivity contribution is 6.10. The lowest BCUT2D eigenvalue weighted by atomic mass is 10.1. The summed E-state index contributed by atoms with van der Waals surface area (Å²) in [5.41, 5.74) is 7.26. The van der Waals surface area contributed by atoms with Crippen molar-refractivity contribution in [3.05, 3.63) is 65.9 Å². The molecule has 7 heteroatoms. The summed E-state index contributed by atoms with van der Waals surface area (Å²) >= 11 is 0. The van der Waals surface area contributed by atoms with E-state index in [1.807, 2.05) is 37.3 Å². The Hall–Kier alpha value is -4.05. The molecule has 146 valence electrons. The number of amides is 2. The molecule has 0 aliphatic rings. The number of fused-ring (bicyclic) bond motifs is 1. The lowest BCUT2D eigenvalue weighted by Crippen LogP contribution is -2.17. The van der Waals surface area contributed by atoms with Crippen LogP contribution in [0.2, 0.25) is 0 Å². The average molecular weight is 388 g/mol. The van der Waals surface area contributed by atoms with Gasteiger partial charge in [0.2, 0.25) is 5.91 Å². The summed E-state index contributed by atoms with van der Waals surface area (Å²) in [6.07, 6.45) is 3.21. The van der Waals surface area contributed by atoms with Crippen LogP contribution in [-0.2, 0) is 16.1 Å². The molecular weight excluding hydrogens is 368 g/mol. The van der Waals surface area contributed by atoms with Gasteiger partial charge < -0.3 is 20.4 Å². The van der Waals surface area contributed by atoms with Crippen molar-refractivity contribution in [3.8, 4) is 11.8 Å². The Kier molecular flexibility index (Phi) is 5.95. The molecule has 2 aromatic carbocycles. The molecule has 0 radical (unpaired) electrons. The largest absolute Gasteiger partial charge is 0.494 e. The molecule has 0 saturated heterocycles. The minimum Gasteiger partial charge on any atom is -0.494 e. The molecule has 1 heterocycles. The third-order valence-corrected chi connectivity index (χ3v) is 4.23. The molecule has 0 saturated carbocycles. The molecule has 0 aliphatic heterocycles. The topological polar surface area (TPSA) is 110 Å². The first kappa shape index (κ1) is 19.7. The van der Waals surface area contributed by atoms with Crippen LogP contribution in [-0.4, -0.2) is 23.0 Å². The Morgan fingerprint density at radius 3 is 2.59 bits per heavy atom. The summed E-state index contributed by atoms with van der Waals surface area (Å²) in [5, 5.41) is 13.0. The maximum absolute atomic E-state index is 12.6. The predicted molar refractivity (Wildman–Crippen MR) is 111 cm³/mol. The van der Waals surface area contributed by atoms with Gasteiger partial charge in [0, 0.05) is 28.4 Å². The summed E-state index contributed by atoms with van der Waals surface area (Å²) in [6.45, 7) is 2.45. The second-order valence-electron chi connectivity index (χ2n) is 6.28. The second kappa shape index (κ2) is 8.76. The van der Waals surface area contributed by atoms with Gasteiger partial charge in [-0.3, -0.25) is 9.59 Å². The number of benzene rings is 2. The first-order chi connectivity index (χ1) is 14.0. The zero-order valence-corrected chi connectivity index (χ0v) is 15.9. The molecule has 7 nitrogen and oxygen atoms in total. The van der Waals surface area contributed by atoms with Crippen molar-refractivity contribution in [2.75, 3.05) is 11.9 Å². The van der Waals surface area contributed by atoms with Crippen molar-refractivity contribution < 1.29 is 14.3 Å². The number of nitrogens with two attached hydrogens (primary N) is 1. The quantitative estimate of drug-likeness (QED) is 0.479. The normalized spacial score (nSPS) is 11.1. The van der Waals surface area contributed by atoms with Gasteiger partial charge in [0.05, 0.1) is 6.61 Å². The molecular formula is C22H20N4O3. The zero-order valence-electron chi connectivity index (χ0n) is 15.9. The zero-order chi connectivity index (χ0) is 20.8. The summed E-state index contributed by atoms with van der Waals surface area (Å²) in [4.78, 5) is 23.9. The Bertz CT molecular complexity index is 1120. The van der Waals surface area contributed by atoms with Crippen LogP contribution in [0.4, 0.5) is 5.69 Å². The van der Waals surface area contributed by atoms with Crippen molar-refractivity contribution in [3.63, 3.8) is 0 Å². The molecule has 0 atom stereocenters. The van der Waals surface area contributed by atoms with E-state index in [1.54, 1.807) is 35.0 Å². The van der Waals surface area contributed by atoms with Gasteiger partial charge in [-0.25, -0.2) is 0 Å². The number of hydrogen-bond acceptors (Lipinski definition) is 4. The molecule has 0 spiro atoms. The van der Waals surface area contributed by atoms with E-state index < -0.39 is 11.8 Å². The van der Waals surface area contributed by atoms with E-state index >= 15 is 0 Å². The van der Waals surface area contributed by atoms with E-state index in [-0.39, 0.29) is 12.1 Å². The molecule has 0 aliphatic carbocycles. The smallest absolute Gasteiger partial charge is 0.266 e. The highest BCUT2D eigenvalue weighted by Gasteiger charge is 2.13. The minimum absolute atomic E-state index is 0.00855. The number of nitriles is 1. The fourth-order valence-electron chi connectivity index (χ4n) is 2.99. The molecule has 3 aromatic rings. The van der Waals surface area contributed by atoms with Crippen molar-refractivity contribution in [2.45, 2.75) is 13.5 Å². The fraction of sp³-hybridized carbons (Fsp3) is 0.136. The van der Waals surface area contributed by atoms with Gasteiger partial charge in [0.15, 0.2) is 0 Å². The van der Waals surface area contributed by atoms with E-state index in [9.17, 15) is 14.9 Å². The molecule has 29 heavy (non-hydrogen) atoms. The van der Waals surface area contributed by atoms with Crippen LogP contribution in [0.3, 0.4) is 0 Å². The SMILES string of the molecule is CCOc1ccc(NC(=O)C(C#N)=Cc2cn(CC(N)=O)c3ccccc23)cc1. The van der Waals surface area contributed by atoms with Crippen LogP contribution in [0.1, 0.15) is 12.5 Å². The Morgan fingerprint density at radius 2 is 1.93 bits per heavy atom. The second-order valence-corrected chi connectivity index (χ2v) is 6.28. The van der Waals surface area contributed by atoms with Gasteiger partial charge in [-0.15, -0.1) is 0 Å². The number of anilines is 1. The number of nitrogens with zero attached hydrogens (tertiary/aromatic N) is 2. The Balaban J connectivity index is 1.88. The summed E-state index contributed by atoms with van der Waals surface area (Å²) in [7, 11) is 0. The molecule has 0 unspecified atom stereocenters. The summed E-state index contributed by atoms with van der Waals surface area (Å²) < 4.78 is 7.07. The maximum Gasteiger partial charge on any atom is 0.266 e.